The van der Waals surface area contributed by atoms with Crippen LogP contribution < -0.4 is 0 Å². The monoisotopic (exact) mass is 416 g/mol. The van der Waals surface area contributed by atoms with E-state index in [9.17, 15) is 0 Å². The molecule has 0 aliphatic heterocycles. The van der Waals surface area contributed by atoms with Gasteiger partial charge < -0.3 is 18.9 Å². The molecule has 29 heavy (non-hydrogen) atoms. The van der Waals surface area contributed by atoms with E-state index in [0.29, 0.717) is 0 Å². The van der Waals surface area contributed by atoms with E-state index in [1.807, 2.05) is 0 Å². The normalized spacial score (nSPS) is 14.3. The second kappa shape index (κ2) is 19.8. The van der Waals surface area contributed by atoms with Crippen molar-refractivity contribution >= 4 is 0 Å². The molecule has 176 valence electrons. The van der Waals surface area contributed by atoms with E-state index in [1.165, 1.54) is 70.6 Å². The van der Waals surface area contributed by atoms with Crippen molar-refractivity contribution in [2.75, 3.05) is 34.5 Å². The number of unbranched alkanes of at least 4 members (excludes halogenated alkanes) is 7. The molecule has 0 aromatic carbocycles. The highest BCUT2D eigenvalue weighted by Crippen LogP contribution is 2.33. The molecular formula is C25H52O4. The fourth-order valence-electron chi connectivity index (χ4n) is 4.06. The van der Waals surface area contributed by atoms with Gasteiger partial charge in [-0.2, -0.15) is 0 Å². The van der Waals surface area contributed by atoms with E-state index in [4.69, 9.17) is 18.9 Å². The molecule has 0 heterocycles. The first-order chi connectivity index (χ1) is 14.1. The van der Waals surface area contributed by atoms with Gasteiger partial charge in [-0.15, -0.1) is 0 Å². The molecule has 0 fully saturated rings. The van der Waals surface area contributed by atoms with Crippen LogP contribution in [-0.2, 0) is 18.9 Å². The number of hydrogen-bond acceptors (Lipinski definition) is 4. The maximum absolute atomic E-state index is 5.70. The van der Waals surface area contributed by atoms with E-state index in [0.717, 1.165) is 38.4 Å². The van der Waals surface area contributed by atoms with Gasteiger partial charge in [0.15, 0.2) is 0 Å². The molecule has 0 aliphatic rings. The van der Waals surface area contributed by atoms with Gasteiger partial charge >= 0.3 is 0 Å². The van der Waals surface area contributed by atoms with Gasteiger partial charge in [-0.05, 0) is 31.6 Å². The minimum atomic E-state index is -0.896. The lowest BCUT2D eigenvalue weighted by Gasteiger charge is -2.36. The first-order valence-electron chi connectivity index (χ1n) is 12.3. The highest BCUT2D eigenvalue weighted by atomic mass is 16.9. The summed E-state index contributed by atoms with van der Waals surface area (Å²) in [6.07, 6.45) is 17.3. The number of ether oxygens (including phenoxy) is 4. The predicted octanol–water partition coefficient (Wildman–Crippen LogP) is 7.35. The minimum Gasteiger partial charge on any atom is -0.381 e. The summed E-state index contributed by atoms with van der Waals surface area (Å²) in [6, 6.07) is 0. The third-order valence-corrected chi connectivity index (χ3v) is 6.24. The summed E-state index contributed by atoms with van der Waals surface area (Å²) in [5.74, 6) is 0.237. The molecule has 0 saturated carbocycles. The minimum absolute atomic E-state index is 0.286. The summed E-state index contributed by atoms with van der Waals surface area (Å²) in [6.45, 7) is 8.62. The van der Waals surface area contributed by atoms with E-state index in [1.54, 1.807) is 21.3 Å². The van der Waals surface area contributed by atoms with Gasteiger partial charge in [-0.25, -0.2) is 0 Å². The van der Waals surface area contributed by atoms with Crippen LogP contribution in [0.1, 0.15) is 111 Å². The number of hydrogen-bond donors (Lipinski definition) is 0. The third-order valence-electron chi connectivity index (χ3n) is 6.24. The van der Waals surface area contributed by atoms with Gasteiger partial charge in [-0.1, -0.05) is 85.0 Å². The standard InChI is InChI=1S/C25H52O4/c1-7-21-29-22-17-12-10-9-11-15-19-24(25(26-4,27-5)28-6)20-16-13-14-18-23(3)8-2/h23-24H,7-22H2,1-6H3. The van der Waals surface area contributed by atoms with Crippen LogP contribution in [-0.4, -0.2) is 40.5 Å². The number of rotatable bonds is 22. The second-order valence-corrected chi connectivity index (χ2v) is 8.59. The smallest absolute Gasteiger partial charge is 0.285 e. The first-order valence-corrected chi connectivity index (χ1v) is 12.3. The SMILES string of the molecule is CCCOCCCCCCCCC(CCCCCC(C)CC)C(OC)(OC)OC. The van der Waals surface area contributed by atoms with E-state index < -0.39 is 5.97 Å². The molecule has 0 N–H and O–H groups in total. The van der Waals surface area contributed by atoms with Crippen LogP contribution in [0.2, 0.25) is 0 Å². The summed E-state index contributed by atoms with van der Waals surface area (Å²) < 4.78 is 22.6. The van der Waals surface area contributed by atoms with Crippen LogP contribution in [0, 0.1) is 11.8 Å². The van der Waals surface area contributed by atoms with Crippen molar-refractivity contribution in [1.29, 1.82) is 0 Å². The summed E-state index contributed by atoms with van der Waals surface area (Å²) in [4.78, 5) is 0. The summed E-state index contributed by atoms with van der Waals surface area (Å²) in [5.41, 5.74) is 0. The first kappa shape index (κ1) is 28.8. The average molecular weight is 417 g/mol. The molecule has 0 aliphatic carbocycles. The number of methoxy groups -OCH3 is 3. The highest BCUT2D eigenvalue weighted by molar-refractivity contribution is 4.72. The molecule has 4 nitrogen and oxygen atoms in total. The van der Waals surface area contributed by atoms with Crippen molar-refractivity contribution in [2.24, 2.45) is 11.8 Å². The zero-order chi connectivity index (χ0) is 21.8. The van der Waals surface area contributed by atoms with Gasteiger partial charge in [0.2, 0.25) is 0 Å². The van der Waals surface area contributed by atoms with Crippen LogP contribution in [0.4, 0.5) is 0 Å². The Kier molecular flexibility index (Phi) is 19.7. The molecule has 4 heteroatoms. The molecule has 0 spiro atoms. The van der Waals surface area contributed by atoms with E-state index in [-0.39, 0.29) is 5.92 Å². The maximum atomic E-state index is 5.70. The Morgan fingerprint density at radius 2 is 1.10 bits per heavy atom. The van der Waals surface area contributed by atoms with Crippen molar-refractivity contribution in [3.8, 4) is 0 Å². The summed E-state index contributed by atoms with van der Waals surface area (Å²) in [7, 11) is 5.09. The van der Waals surface area contributed by atoms with Gasteiger partial charge in [-0.3, -0.25) is 0 Å². The molecule has 2 atom stereocenters. The summed E-state index contributed by atoms with van der Waals surface area (Å²) in [5, 5.41) is 0. The molecule has 0 aromatic rings. The van der Waals surface area contributed by atoms with Crippen molar-refractivity contribution < 1.29 is 18.9 Å². The Balaban J connectivity index is 4.16. The van der Waals surface area contributed by atoms with Crippen molar-refractivity contribution in [1.82, 2.24) is 0 Å². The van der Waals surface area contributed by atoms with E-state index in [2.05, 4.69) is 20.8 Å². The largest absolute Gasteiger partial charge is 0.381 e. The fraction of sp³-hybridized carbons (Fsp3) is 1.00. The predicted molar refractivity (Wildman–Crippen MR) is 123 cm³/mol. The van der Waals surface area contributed by atoms with Gasteiger partial charge in [0.1, 0.15) is 0 Å². The molecule has 0 saturated heterocycles. The second-order valence-electron chi connectivity index (χ2n) is 8.59. The zero-order valence-electron chi connectivity index (χ0n) is 20.6. The Morgan fingerprint density at radius 3 is 1.62 bits per heavy atom. The Hall–Kier alpha value is -0.160. The quantitative estimate of drug-likeness (QED) is 0.136. The highest BCUT2D eigenvalue weighted by Gasteiger charge is 2.39. The molecule has 2 unspecified atom stereocenters. The molecule has 0 bridgehead atoms. The third kappa shape index (κ3) is 13.7. The maximum Gasteiger partial charge on any atom is 0.285 e. The molecule has 0 rings (SSSR count). The Bertz CT molecular complexity index is 323. The van der Waals surface area contributed by atoms with Crippen LogP contribution >= 0.6 is 0 Å². The Labute approximate surface area is 182 Å². The zero-order valence-corrected chi connectivity index (χ0v) is 20.6. The van der Waals surface area contributed by atoms with Crippen LogP contribution in [0.3, 0.4) is 0 Å². The van der Waals surface area contributed by atoms with Crippen LogP contribution in [0.5, 0.6) is 0 Å². The lowest BCUT2D eigenvalue weighted by molar-refractivity contribution is -0.380. The molecule has 0 radical (unpaired) electrons. The summed E-state index contributed by atoms with van der Waals surface area (Å²) >= 11 is 0. The molecular weight excluding hydrogens is 364 g/mol. The van der Waals surface area contributed by atoms with Crippen LogP contribution in [0.25, 0.3) is 0 Å². The lowest BCUT2D eigenvalue weighted by Crippen LogP contribution is -2.44. The van der Waals surface area contributed by atoms with Crippen molar-refractivity contribution in [3.63, 3.8) is 0 Å². The van der Waals surface area contributed by atoms with Gasteiger partial charge in [0, 0.05) is 40.5 Å². The van der Waals surface area contributed by atoms with E-state index >= 15 is 0 Å². The van der Waals surface area contributed by atoms with Gasteiger partial charge in [0.25, 0.3) is 5.97 Å². The lowest BCUT2D eigenvalue weighted by atomic mass is 9.91. The average Bonchev–Trinajstić information content (AvgIpc) is 2.75. The molecule has 0 aromatic heterocycles. The van der Waals surface area contributed by atoms with Gasteiger partial charge in [0.05, 0.1) is 0 Å². The fourth-order valence-corrected chi connectivity index (χ4v) is 4.06. The Morgan fingerprint density at radius 1 is 0.621 bits per heavy atom. The molecule has 0 amide bonds. The topological polar surface area (TPSA) is 36.9 Å². The van der Waals surface area contributed by atoms with Crippen molar-refractivity contribution in [2.45, 2.75) is 117 Å². The van der Waals surface area contributed by atoms with Crippen LogP contribution in [0.15, 0.2) is 0 Å². The van der Waals surface area contributed by atoms with Crippen molar-refractivity contribution in [3.05, 3.63) is 0 Å².